The van der Waals surface area contributed by atoms with Crippen LogP contribution >= 0.6 is 0 Å². The van der Waals surface area contributed by atoms with E-state index < -0.39 is 12.2 Å². The van der Waals surface area contributed by atoms with E-state index in [1.807, 2.05) is 6.08 Å². The number of allylic oxidation sites excluding steroid dienone is 1. The van der Waals surface area contributed by atoms with Crippen LogP contribution in [-0.4, -0.2) is 23.3 Å². The highest BCUT2D eigenvalue weighted by Crippen LogP contribution is 2.02. The van der Waals surface area contributed by atoms with Gasteiger partial charge in [-0.15, -0.1) is 0 Å². The SMILES string of the molecule is C=C[C@@H](O)C#CC#C[C@@H](/C=C\CCCCC)OC(C)=O. The number of hydrogen-bond acceptors (Lipinski definition) is 3. The van der Waals surface area contributed by atoms with Gasteiger partial charge in [0.1, 0.15) is 6.10 Å². The van der Waals surface area contributed by atoms with Gasteiger partial charge in [-0.25, -0.2) is 0 Å². The smallest absolute Gasteiger partial charge is 0.304 e. The molecule has 0 aromatic carbocycles. The highest BCUT2D eigenvalue weighted by atomic mass is 16.5. The first-order chi connectivity index (χ1) is 9.60. The van der Waals surface area contributed by atoms with Crippen molar-refractivity contribution < 1.29 is 14.6 Å². The second kappa shape index (κ2) is 12.1. The normalized spacial score (nSPS) is 12.6. The highest BCUT2D eigenvalue weighted by molar-refractivity contribution is 5.66. The van der Waals surface area contributed by atoms with Crippen molar-refractivity contribution in [1.82, 2.24) is 0 Å². The lowest BCUT2D eigenvalue weighted by molar-refractivity contribution is -0.142. The van der Waals surface area contributed by atoms with Crippen molar-refractivity contribution in [2.75, 3.05) is 0 Å². The topological polar surface area (TPSA) is 46.5 Å². The summed E-state index contributed by atoms with van der Waals surface area (Å²) in [6.07, 6.45) is 7.95. The lowest BCUT2D eigenvalue weighted by Crippen LogP contribution is -2.11. The fourth-order valence-corrected chi connectivity index (χ4v) is 1.30. The molecular weight excluding hydrogens is 252 g/mol. The Morgan fingerprint density at radius 1 is 1.35 bits per heavy atom. The van der Waals surface area contributed by atoms with Crippen molar-refractivity contribution in [2.24, 2.45) is 0 Å². The molecule has 0 aromatic heterocycles. The van der Waals surface area contributed by atoms with Gasteiger partial charge >= 0.3 is 5.97 Å². The molecule has 0 bridgehead atoms. The van der Waals surface area contributed by atoms with Gasteiger partial charge in [0.05, 0.1) is 0 Å². The van der Waals surface area contributed by atoms with Gasteiger partial charge < -0.3 is 9.84 Å². The molecule has 0 rings (SSSR count). The molecule has 0 saturated carbocycles. The van der Waals surface area contributed by atoms with E-state index in [2.05, 4.69) is 37.2 Å². The molecule has 0 aromatic rings. The Morgan fingerprint density at radius 2 is 2.05 bits per heavy atom. The van der Waals surface area contributed by atoms with Gasteiger partial charge in [-0.3, -0.25) is 4.79 Å². The van der Waals surface area contributed by atoms with Gasteiger partial charge in [0.15, 0.2) is 6.10 Å². The molecule has 0 fully saturated rings. The number of carbonyl (C=O) groups is 1. The molecular formula is C17H22O3. The van der Waals surface area contributed by atoms with Gasteiger partial charge in [0.2, 0.25) is 0 Å². The first kappa shape index (κ1) is 18.0. The Kier molecular flexibility index (Phi) is 10.9. The maximum absolute atomic E-state index is 11.0. The van der Waals surface area contributed by atoms with Crippen LogP contribution in [0.3, 0.4) is 0 Å². The predicted molar refractivity (Wildman–Crippen MR) is 80.6 cm³/mol. The van der Waals surface area contributed by atoms with Crippen molar-refractivity contribution in [3.05, 3.63) is 24.8 Å². The summed E-state index contributed by atoms with van der Waals surface area (Å²) >= 11 is 0. The molecule has 0 heterocycles. The molecule has 108 valence electrons. The molecule has 0 aliphatic rings. The largest absolute Gasteiger partial charge is 0.445 e. The Bertz CT molecular complexity index is 440. The molecule has 0 unspecified atom stereocenters. The van der Waals surface area contributed by atoms with Crippen LogP contribution in [0.15, 0.2) is 24.8 Å². The van der Waals surface area contributed by atoms with Crippen molar-refractivity contribution in [3.63, 3.8) is 0 Å². The summed E-state index contributed by atoms with van der Waals surface area (Å²) in [5, 5.41) is 9.13. The lowest BCUT2D eigenvalue weighted by atomic mass is 10.2. The van der Waals surface area contributed by atoms with E-state index in [1.165, 1.54) is 25.8 Å². The van der Waals surface area contributed by atoms with Crippen LogP contribution in [0, 0.1) is 23.7 Å². The average molecular weight is 274 g/mol. The van der Waals surface area contributed by atoms with Crippen molar-refractivity contribution in [2.45, 2.75) is 51.7 Å². The Balaban J connectivity index is 4.47. The first-order valence-corrected chi connectivity index (χ1v) is 6.75. The molecule has 20 heavy (non-hydrogen) atoms. The average Bonchev–Trinajstić information content (AvgIpc) is 2.42. The van der Waals surface area contributed by atoms with Crippen LogP contribution < -0.4 is 0 Å². The summed E-state index contributed by atoms with van der Waals surface area (Å²) in [5.74, 6) is 9.86. The second-order valence-corrected chi connectivity index (χ2v) is 4.17. The maximum Gasteiger partial charge on any atom is 0.304 e. The second-order valence-electron chi connectivity index (χ2n) is 4.17. The van der Waals surface area contributed by atoms with E-state index in [0.29, 0.717) is 0 Å². The number of hydrogen-bond donors (Lipinski definition) is 1. The molecule has 0 aliphatic carbocycles. The monoisotopic (exact) mass is 274 g/mol. The van der Waals surface area contributed by atoms with E-state index >= 15 is 0 Å². The highest BCUT2D eigenvalue weighted by Gasteiger charge is 2.02. The molecule has 0 spiro atoms. The van der Waals surface area contributed by atoms with E-state index in [-0.39, 0.29) is 5.97 Å². The van der Waals surface area contributed by atoms with E-state index in [9.17, 15) is 4.79 Å². The van der Waals surface area contributed by atoms with E-state index in [1.54, 1.807) is 6.08 Å². The van der Waals surface area contributed by atoms with Gasteiger partial charge in [-0.1, -0.05) is 44.4 Å². The Hall–Kier alpha value is -1.97. The quantitative estimate of drug-likeness (QED) is 0.336. The summed E-state index contributed by atoms with van der Waals surface area (Å²) in [7, 11) is 0. The number of aliphatic hydroxyl groups is 1. The summed E-state index contributed by atoms with van der Waals surface area (Å²) in [4.78, 5) is 11.0. The lowest BCUT2D eigenvalue weighted by Gasteiger charge is -2.05. The molecule has 0 radical (unpaired) electrons. The summed E-state index contributed by atoms with van der Waals surface area (Å²) < 4.78 is 5.04. The standard InChI is InChI=1S/C17H22O3/c1-4-6-7-8-9-13-17(20-15(3)18)14-11-10-12-16(19)5-2/h5,9,13,16-17,19H,2,4,6-8H2,1,3H3/b13-9-/t16-,17-/m1/s1. The Labute approximate surface area is 121 Å². The van der Waals surface area contributed by atoms with Crippen LogP contribution in [0.25, 0.3) is 0 Å². The van der Waals surface area contributed by atoms with E-state index in [0.717, 1.165) is 12.8 Å². The molecule has 1 N–H and O–H groups in total. The van der Waals surface area contributed by atoms with Crippen LogP contribution in [0.5, 0.6) is 0 Å². The fourth-order valence-electron chi connectivity index (χ4n) is 1.30. The third-order valence-corrected chi connectivity index (χ3v) is 2.30. The van der Waals surface area contributed by atoms with Crippen molar-refractivity contribution >= 4 is 5.97 Å². The summed E-state index contributed by atoms with van der Waals surface area (Å²) in [6.45, 7) is 6.88. The van der Waals surface area contributed by atoms with Crippen LogP contribution in [-0.2, 0) is 9.53 Å². The van der Waals surface area contributed by atoms with Crippen LogP contribution in [0.2, 0.25) is 0 Å². The van der Waals surface area contributed by atoms with Gasteiger partial charge in [0.25, 0.3) is 0 Å². The molecule has 0 saturated heterocycles. The number of rotatable bonds is 7. The summed E-state index contributed by atoms with van der Waals surface area (Å²) in [6, 6.07) is 0. The minimum Gasteiger partial charge on any atom is -0.445 e. The van der Waals surface area contributed by atoms with Gasteiger partial charge in [0, 0.05) is 6.92 Å². The number of carbonyl (C=O) groups excluding carboxylic acids is 1. The molecule has 3 nitrogen and oxygen atoms in total. The Morgan fingerprint density at radius 3 is 2.65 bits per heavy atom. The zero-order valence-corrected chi connectivity index (χ0v) is 12.2. The van der Waals surface area contributed by atoms with Crippen molar-refractivity contribution in [1.29, 1.82) is 0 Å². The number of aliphatic hydroxyl groups excluding tert-OH is 1. The number of ether oxygens (including phenoxy) is 1. The zero-order valence-electron chi connectivity index (χ0n) is 12.2. The molecule has 0 amide bonds. The van der Waals surface area contributed by atoms with Crippen molar-refractivity contribution in [3.8, 4) is 23.7 Å². The predicted octanol–water partition coefficient (Wildman–Crippen LogP) is 2.61. The third kappa shape index (κ3) is 11.1. The third-order valence-electron chi connectivity index (χ3n) is 2.30. The zero-order chi connectivity index (χ0) is 15.2. The number of unbranched alkanes of at least 4 members (excludes halogenated alkanes) is 3. The first-order valence-electron chi connectivity index (χ1n) is 6.75. The van der Waals surface area contributed by atoms with Gasteiger partial charge in [-0.2, -0.15) is 0 Å². The minimum atomic E-state index is -0.888. The maximum atomic E-state index is 11.0. The minimum absolute atomic E-state index is 0.387. The fraction of sp³-hybridized carbons (Fsp3) is 0.471. The van der Waals surface area contributed by atoms with Crippen LogP contribution in [0.4, 0.5) is 0 Å². The summed E-state index contributed by atoms with van der Waals surface area (Å²) in [5.41, 5.74) is 0. The van der Waals surface area contributed by atoms with E-state index in [4.69, 9.17) is 9.84 Å². The molecule has 3 heteroatoms. The molecule has 2 atom stereocenters. The molecule has 0 aliphatic heterocycles. The number of esters is 1. The van der Waals surface area contributed by atoms with Crippen LogP contribution in [0.1, 0.15) is 39.5 Å². The van der Waals surface area contributed by atoms with Gasteiger partial charge in [-0.05, 0) is 36.7 Å².